The van der Waals surface area contributed by atoms with E-state index in [4.69, 9.17) is 11.6 Å². The van der Waals surface area contributed by atoms with E-state index in [-0.39, 0.29) is 11.7 Å². The third-order valence-electron chi connectivity index (χ3n) is 3.69. The SMILES string of the molecule is Cc1nc(-c2ccc(Cl)s2)sc1C(=O)NCc1ccc(CS(C)(=O)=O)cc1. The molecule has 3 aromatic rings. The number of carbonyl (C=O) groups excluding carboxylic acids is 1. The van der Waals surface area contributed by atoms with Crippen molar-refractivity contribution in [2.24, 2.45) is 0 Å². The molecule has 1 N–H and O–H groups in total. The van der Waals surface area contributed by atoms with Gasteiger partial charge in [0.15, 0.2) is 9.84 Å². The van der Waals surface area contributed by atoms with Crippen molar-refractivity contribution in [3.05, 3.63) is 62.4 Å². The lowest BCUT2D eigenvalue weighted by Crippen LogP contribution is -2.22. The molecule has 1 aromatic carbocycles. The van der Waals surface area contributed by atoms with Gasteiger partial charge in [0.25, 0.3) is 5.91 Å². The first-order valence-electron chi connectivity index (χ1n) is 7.98. The number of thiophene rings is 1. The number of hydrogen-bond donors (Lipinski definition) is 1. The maximum absolute atomic E-state index is 12.5. The minimum Gasteiger partial charge on any atom is -0.347 e. The molecule has 142 valence electrons. The van der Waals surface area contributed by atoms with Crippen LogP contribution in [0.1, 0.15) is 26.5 Å². The number of sulfone groups is 1. The Morgan fingerprint density at radius 3 is 2.37 bits per heavy atom. The maximum Gasteiger partial charge on any atom is 0.263 e. The molecule has 3 rings (SSSR count). The number of halogens is 1. The van der Waals surface area contributed by atoms with E-state index in [9.17, 15) is 13.2 Å². The molecule has 0 radical (unpaired) electrons. The molecule has 0 aliphatic rings. The number of thiazole rings is 1. The molecule has 0 saturated carbocycles. The van der Waals surface area contributed by atoms with Crippen molar-refractivity contribution in [3.8, 4) is 9.88 Å². The molecule has 1 amide bonds. The summed E-state index contributed by atoms with van der Waals surface area (Å²) in [6, 6.07) is 10.9. The topological polar surface area (TPSA) is 76.1 Å². The highest BCUT2D eigenvalue weighted by Crippen LogP contribution is 2.34. The average Bonchev–Trinajstić information content (AvgIpc) is 3.18. The largest absolute Gasteiger partial charge is 0.347 e. The second-order valence-corrected chi connectivity index (χ2v) is 11.0. The number of amides is 1. The van der Waals surface area contributed by atoms with Crippen molar-refractivity contribution in [2.75, 3.05) is 6.26 Å². The first-order chi connectivity index (χ1) is 12.7. The van der Waals surface area contributed by atoms with Gasteiger partial charge in [0.1, 0.15) is 9.88 Å². The summed E-state index contributed by atoms with van der Waals surface area (Å²) >= 11 is 8.73. The first kappa shape index (κ1) is 20.0. The minimum atomic E-state index is -3.06. The van der Waals surface area contributed by atoms with Gasteiger partial charge in [-0.05, 0) is 30.2 Å². The number of rotatable bonds is 6. The van der Waals surface area contributed by atoms with Crippen LogP contribution >= 0.6 is 34.3 Å². The molecular formula is C18H17ClN2O3S3. The quantitative estimate of drug-likeness (QED) is 0.619. The van der Waals surface area contributed by atoms with Gasteiger partial charge in [0.05, 0.1) is 20.7 Å². The van der Waals surface area contributed by atoms with E-state index in [1.165, 1.54) is 28.9 Å². The van der Waals surface area contributed by atoms with E-state index in [0.717, 1.165) is 21.0 Å². The Balaban J connectivity index is 1.65. The lowest BCUT2D eigenvalue weighted by atomic mass is 10.1. The number of nitrogens with one attached hydrogen (secondary N) is 1. The van der Waals surface area contributed by atoms with Crippen molar-refractivity contribution in [3.63, 3.8) is 0 Å². The fourth-order valence-corrected chi connectivity index (χ4v) is 5.34. The summed E-state index contributed by atoms with van der Waals surface area (Å²) in [7, 11) is -3.06. The zero-order valence-electron chi connectivity index (χ0n) is 14.7. The van der Waals surface area contributed by atoms with Crippen molar-refractivity contribution < 1.29 is 13.2 Å². The van der Waals surface area contributed by atoms with E-state index < -0.39 is 9.84 Å². The molecule has 2 heterocycles. The first-order valence-corrected chi connectivity index (χ1v) is 12.1. The number of aryl methyl sites for hydroxylation is 1. The van der Waals surface area contributed by atoms with Gasteiger partial charge in [-0.15, -0.1) is 22.7 Å². The Bertz CT molecular complexity index is 1070. The minimum absolute atomic E-state index is 0.00914. The summed E-state index contributed by atoms with van der Waals surface area (Å²) in [5.74, 6) is -0.172. The summed E-state index contributed by atoms with van der Waals surface area (Å²) in [5, 5.41) is 3.66. The smallest absolute Gasteiger partial charge is 0.263 e. The highest BCUT2D eigenvalue weighted by atomic mass is 35.5. The van der Waals surface area contributed by atoms with Gasteiger partial charge in [-0.1, -0.05) is 35.9 Å². The second-order valence-electron chi connectivity index (χ2n) is 6.11. The van der Waals surface area contributed by atoms with E-state index in [2.05, 4.69) is 10.3 Å². The number of hydrogen-bond acceptors (Lipinski definition) is 6. The van der Waals surface area contributed by atoms with Gasteiger partial charge in [0.2, 0.25) is 0 Å². The van der Waals surface area contributed by atoms with Crippen LogP contribution in [0.4, 0.5) is 0 Å². The average molecular weight is 441 g/mol. The molecule has 0 bridgehead atoms. The van der Waals surface area contributed by atoms with Crippen LogP contribution in [0, 0.1) is 6.92 Å². The van der Waals surface area contributed by atoms with Crippen LogP contribution < -0.4 is 5.32 Å². The Hall–Kier alpha value is -1.74. The molecule has 0 saturated heterocycles. The fourth-order valence-electron chi connectivity index (χ4n) is 2.46. The predicted octanol–water partition coefficient (Wildman–Crippen LogP) is 4.31. The van der Waals surface area contributed by atoms with Crippen molar-refractivity contribution in [2.45, 2.75) is 19.2 Å². The summed E-state index contributed by atoms with van der Waals surface area (Å²) < 4.78 is 23.3. The van der Waals surface area contributed by atoms with E-state index in [0.29, 0.717) is 21.5 Å². The van der Waals surface area contributed by atoms with Crippen LogP contribution in [0.15, 0.2) is 36.4 Å². The molecule has 0 aliphatic carbocycles. The van der Waals surface area contributed by atoms with Crippen molar-refractivity contribution in [1.29, 1.82) is 0 Å². The Kier molecular flexibility index (Phi) is 6.00. The zero-order chi connectivity index (χ0) is 19.6. The summed E-state index contributed by atoms with van der Waals surface area (Å²) in [6.07, 6.45) is 1.21. The second kappa shape index (κ2) is 8.10. The van der Waals surface area contributed by atoms with Gasteiger partial charge >= 0.3 is 0 Å². The molecule has 5 nitrogen and oxygen atoms in total. The van der Waals surface area contributed by atoms with Gasteiger partial charge < -0.3 is 5.32 Å². The monoisotopic (exact) mass is 440 g/mol. The summed E-state index contributed by atoms with van der Waals surface area (Å²) in [4.78, 5) is 18.5. The highest BCUT2D eigenvalue weighted by Gasteiger charge is 2.17. The van der Waals surface area contributed by atoms with Crippen LogP contribution in [-0.2, 0) is 22.1 Å². The molecule has 27 heavy (non-hydrogen) atoms. The lowest BCUT2D eigenvalue weighted by molar-refractivity contribution is 0.0954. The molecule has 9 heteroatoms. The van der Waals surface area contributed by atoms with Gasteiger partial charge in [-0.3, -0.25) is 4.79 Å². The van der Waals surface area contributed by atoms with Gasteiger partial charge in [-0.25, -0.2) is 13.4 Å². The van der Waals surface area contributed by atoms with Crippen molar-refractivity contribution in [1.82, 2.24) is 10.3 Å². The van der Waals surface area contributed by atoms with E-state index in [1.54, 1.807) is 12.1 Å². The summed E-state index contributed by atoms with van der Waals surface area (Å²) in [5.41, 5.74) is 2.30. The van der Waals surface area contributed by atoms with Crippen LogP contribution in [0.2, 0.25) is 4.34 Å². The van der Waals surface area contributed by atoms with Gasteiger partial charge in [0, 0.05) is 12.8 Å². The van der Waals surface area contributed by atoms with Crippen molar-refractivity contribution >= 4 is 50.0 Å². The molecule has 2 aromatic heterocycles. The highest BCUT2D eigenvalue weighted by molar-refractivity contribution is 7.89. The van der Waals surface area contributed by atoms with Crippen LogP contribution in [-0.4, -0.2) is 25.6 Å². The fraction of sp³-hybridized carbons (Fsp3) is 0.222. The molecule has 0 fully saturated rings. The van der Waals surface area contributed by atoms with Crippen LogP contribution in [0.3, 0.4) is 0 Å². The zero-order valence-corrected chi connectivity index (χ0v) is 17.9. The Labute approximate surface area is 171 Å². The lowest BCUT2D eigenvalue weighted by Gasteiger charge is -2.06. The molecule has 0 unspecified atom stereocenters. The maximum atomic E-state index is 12.5. The van der Waals surface area contributed by atoms with Crippen LogP contribution in [0.5, 0.6) is 0 Å². The third-order valence-corrected chi connectivity index (χ3v) is 7.11. The number of benzene rings is 1. The Morgan fingerprint density at radius 1 is 1.11 bits per heavy atom. The Morgan fingerprint density at radius 2 is 1.78 bits per heavy atom. The predicted molar refractivity (Wildman–Crippen MR) is 111 cm³/mol. The molecular weight excluding hydrogens is 424 g/mol. The normalized spacial score (nSPS) is 11.5. The standard InChI is InChI=1S/C18H17ClN2O3S3/c1-11-16(26-18(21-11)14-7-8-15(19)25-14)17(22)20-9-12-3-5-13(6-4-12)10-27(2,23)24/h3-8H,9-10H2,1-2H3,(H,20,22). The molecule has 0 aliphatic heterocycles. The molecule has 0 atom stereocenters. The van der Waals surface area contributed by atoms with E-state index in [1.807, 2.05) is 31.2 Å². The third kappa shape index (κ3) is 5.38. The summed E-state index contributed by atoms with van der Waals surface area (Å²) in [6.45, 7) is 2.17. The van der Waals surface area contributed by atoms with Gasteiger partial charge in [-0.2, -0.15) is 0 Å². The van der Waals surface area contributed by atoms with E-state index >= 15 is 0 Å². The number of aromatic nitrogens is 1. The number of nitrogens with zero attached hydrogens (tertiary/aromatic N) is 1. The van der Waals surface area contributed by atoms with Crippen LogP contribution in [0.25, 0.3) is 9.88 Å². The molecule has 0 spiro atoms. The number of carbonyl (C=O) groups is 1.